The van der Waals surface area contributed by atoms with Crippen molar-refractivity contribution >= 4 is 16.8 Å². The van der Waals surface area contributed by atoms with Crippen LogP contribution in [0.2, 0.25) is 0 Å². The Morgan fingerprint density at radius 2 is 2.30 bits per heavy atom. The third kappa shape index (κ3) is 2.16. The summed E-state index contributed by atoms with van der Waals surface area (Å²) in [6, 6.07) is 6.11. The molecule has 0 unspecified atom stereocenters. The van der Waals surface area contributed by atoms with Gasteiger partial charge >= 0.3 is 0 Å². The molecule has 1 aliphatic rings. The van der Waals surface area contributed by atoms with Gasteiger partial charge < -0.3 is 10.6 Å². The van der Waals surface area contributed by atoms with Crippen LogP contribution in [0.1, 0.15) is 34.1 Å². The van der Waals surface area contributed by atoms with E-state index in [1.54, 1.807) is 0 Å². The Bertz CT molecular complexity index is 679. The monoisotopic (exact) mass is 269 g/mol. The number of aromatic nitrogens is 1. The van der Waals surface area contributed by atoms with Crippen LogP contribution in [0.4, 0.5) is 0 Å². The van der Waals surface area contributed by atoms with Crippen molar-refractivity contribution in [1.29, 1.82) is 0 Å². The second kappa shape index (κ2) is 5.21. The van der Waals surface area contributed by atoms with Gasteiger partial charge in [-0.3, -0.25) is 9.78 Å². The van der Waals surface area contributed by atoms with Crippen LogP contribution in [0.25, 0.3) is 10.9 Å². The van der Waals surface area contributed by atoms with E-state index in [9.17, 15) is 4.79 Å². The Kier molecular flexibility index (Phi) is 3.40. The largest absolute Gasteiger partial charge is 0.352 e. The van der Waals surface area contributed by atoms with Crippen molar-refractivity contribution in [1.82, 2.24) is 15.6 Å². The SMILES string of the molecule is CCNC(=O)c1c2c(nc3ccc(C)cc13)CCNC2. The lowest BCUT2D eigenvalue weighted by atomic mass is 9.95. The summed E-state index contributed by atoms with van der Waals surface area (Å²) >= 11 is 0. The molecule has 1 amide bonds. The first-order valence-electron chi connectivity index (χ1n) is 7.11. The standard InChI is InChI=1S/C16H19N3O/c1-3-18-16(20)15-11-8-10(2)4-5-13(11)19-14-6-7-17-9-12(14)15/h4-5,8,17H,3,6-7,9H2,1-2H3,(H,18,20). The van der Waals surface area contributed by atoms with Crippen LogP contribution in [0.15, 0.2) is 18.2 Å². The lowest BCUT2D eigenvalue weighted by Crippen LogP contribution is -2.30. The van der Waals surface area contributed by atoms with Gasteiger partial charge in [0, 0.05) is 42.7 Å². The molecule has 1 aromatic carbocycles. The third-order valence-electron chi connectivity index (χ3n) is 3.73. The maximum Gasteiger partial charge on any atom is 0.252 e. The molecule has 0 saturated carbocycles. The summed E-state index contributed by atoms with van der Waals surface area (Å²) in [5, 5.41) is 7.22. The smallest absolute Gasteiger partial charge is 0.252 e. The van der Waals surface area contributed by atoms with E-state index in [-0.39, 0.29) is 5.91 Å². The lowest BCUT2D eigenvalue weighted by Gasteiger charge is -2.21. The molecule has 20 heavy (non-hydrogen) atoms. The Morgan fingerprint density at radius 1 is 1.45 bits per heavy atom. The van der Waals surface area contributed by atoms with Gasteiger partial charge in [0.05, 0.1) is 11.1 Å². The number of hydrogen-bond acceptors (Lipinski definition) is 3. The number of fused-ring (bicyclic) bond motifs is 2. The van der Waals surface area contributed by atoms with Gasteiger partial charge in [-0.1, -0.05) is 11.6 Å². The van der Waals surface area contributed by atoms with Crippen LogP contribution in [-0.2, 0) is 13.0 Å². The van der Waals surface area contributed by atoms with Crippen molar-refractivity contribution < 1.29 is 4.79 Å². The summed E-state index contributed by atoms with van der Waals surface area (Å²) in [6.45, 7) is 6.26. The van der Waals surface area contributed by atoms with Crippen LogP contribution in [0.5, 0.6) is 0 Å². The molecule has 0 spiro atoms. The van der Waals surface area contributed by atoms with Crippen molar-refractivity contribution in [3.05, 3.63) is 40.6 Å². The fraction of sp³-hybridized carbons (Fsp3) is 0.375. The molecule has 0 fully saturated rings. The van der Waals surface area contributed by atoms with E-state index in [0.717, 1.165) is 52.8 Å². The highest BCUT2D eigenvalue weighted by atomic mass is 16.1. The Balaban J connectivity index is 2.30. The molecule has 2 N–H and O–H groups in total. The second-order valence-corrected chi connectivity index (χ2v) is 5.22. The highest BCUT2D eigenvalue weighted by Crippen LogP contribution is 2.26. The van der Waals surface area contributed by atoms with Crippen molar-refractivity contribution in [3.63, 3.8) is 0 Å². The van der Waals surface area contributed by atoms with Crippen LogP contribution in [0, 0.1) is 6.92 Å². The molecule has 0 bridgehead atoms. The van der Waals surface area contributed by atoms with E-state index in [2.05, 4.69) is 16.7 Å². The van der Waals surface area contributed by atoms with Crippen molar-refractivity contribution in [2.45, 2.75) is 26.8 Å². The third-order valence-corrected chi connectivity index (χ3v) is 3.73. The van der Waals surface area contributed by atoms with Crippen LogP contribution >= 0.6 is 0 Å². The number of rotatable bonds is 2. The molecule has 0 atom stereocenters. The number of pyridine rings is 1. The van der Waals surface area contributed by atoms with E-state index in [4.69, 9.17) is 4.98 Å². The molecule has 0 aliphatic carbocycles. The number of amides is 1. The predicted octanol–water partition coefficient (Wildman–Crippen LogP) is 1.94. The number of hydrogen-bond donors (Lipinski definition) is 2. The molecule has 4 heteroatoms. The van der Waals surface area contributed by atoms with Gasteiger partial charge in [-0.15, -0.1) is 0 Å². The van der Waals surface area contributed by atoms with E-state index in [0.29, 0.717) is 6.54 Å². The van der Waals surface area contributed by atoms with Crippen LogP contribution in [0.3, 0.4) is 0 Å². The minimum atomic E-state index is 0.00505. The quantitative estimate of drug-likeness (QED) is 0.876. The van der Waals surface area contributed by atoms with Gasteiger partial charge in [-0.25, -0.2) is 0 Å². The van der Waals surface area contributed by atoms with E-state index in [1.807, 2.05) is 26.0 Å². The van der Waals surface area contributed by atoms with Gasteiger partial charge in [-0.05, 0) is 26.0 Å². The maximum absolute atomic E-state index is 12.5. The minimum Gasteiger partial charge on any atom is -0.352 e. The number of nitrogens with zero attached hydrogens (tertiary/aromatic N) is 1. The maximum atomic E-state index is 12.5. The second-order valence-electron chi connectivity index (χ2n) is 5.22. The molecule has 4 nitrogen and oxygen atoms in total. The molecule has 2 aromatic rings. The van der Waals surface area contributed by atoms with E-state index in [1.165, 1.54) is 0 Å². The predicted molar refractivity (Wildman–Crippen MR) is 79.9 cm³/mol. The Hall–Kier alpha value is -1.94. The summed E-state index contributed by atoms with van der Waals surface area (Å²) in [4.78, 5) is 17.2. The average molecular weight is 269 g/mol. The summed E-state index contributed by atoms with van der Waals surface area (Å²) in [6.07, 6.45) is 0.881. The van der Waals surface area contributed by atoms with Crippen molar-refractivity contribution in [2.75, 3.05) is 13.1 Å². The van der Waals surface area contributed by atoms with Crippen molar-refractivity contribution in [2.24, 2.45) is 0 Å². The summed E-state index contributed by atoms with van der Waals surface area (Å²) in [7, 11) is 0. The lowest BCUT2D eigenvalue weighted by molar-refractivity contribution is 0.0956. The molecular formula is C16H19N3O. The summed E-state index contributed by atoms with van der Waals surface area (Å²) in [5.74, 6) is 0.00505. The van der Waals surface area contributed by atoms with Crippen LogP contribution < -0.4 is 10.6 Å². The molecule has 0 radical (unpaired) electrons. The number of aryl methyl sites for hydroxylation is 1. The molecule has 2 heterocycles. The minimum absolute atomic E-state index is 0.00505. The van der Waals surface area contributed by atoms with Gasteiger partial charge in [-0.2, -0.15) is 0 Å². The zero-order valence-electron chi connectivity index (χ0n) is 11.9. The van der Waals surface area contributed by atoms with Crippen molar-refractivity contribution in [3.8, 4) is 0 Å². The Morgan fingerprint density at radius 3 is 3.10 bits per heavy atom. The number of carbonyl (C=O) groups excluding carboxylic acids is 1. The highest BCUT2D eigenvalue weighted by Gasteiger charge is 2.22. The van der Waals surface area contributed by atoms with E-state index < -0.39 is 0 Å². The van der Waals surface area contributed by atoms with Gasteiger partial charge in [0.1, 0.15) is 0 Å². The van der Waals surface area contributed by atoms with E-state index >= 15 is 0 Å². The normalized spacial score (nSPS) is 14.1. The zero-order valence-corrected chi connectivity index (χ0v) is 11.9. The Labute approximate surface area is 118 Å². The average Bonchev–Trinajstić information content (AvgIpc) is 2.45. The number of benzene rings is 1. The summed E-state index contributed by atoms with van der Waals surface area (Å²) in [5.41, 5.74) is 4.97. The molecular weight excluding hydrogens is 250 g/mol. The topological polar surface area (TPSA) is 54.0 Å². The highest BCUT2D eigenvalue weighted by molar-refractivity contribution is 6.07. The molecule has 3 rings (SSSR count). The molecule has 104 valence electrons. The summed E-state index contributed by atoms with van der Waals surface area (Å²) < 4.78 is 0. The molecule has 0 saturated heterocycles. The van der Waals surface area contributed by atoms with Gasteiger partial charge in [0.25, 0.3) is 5.91 Å². The fourth-order valence-corrected chi connectivity index (χ4v) is 2.79. The fourth-order valence-electron chi connectivity index (χ4n) is 2.79. The van der Waals surface area contributed by atoms with Crippen LogP contribution in [-0.4, -0.2) is 24.0 Å². The first-order chi connectivity index (χ1) is 9.70. The first kappa shape index (κ1) is 13.1. The number of carbonyl (C=O) groups is 1. The zero-order chi connectivity index (χ0) is 14.1. The number of nitrogens with one attached hydrogen (secondary N) is 2. The first-order valence-corrected chi connectivity index (χ1v) is 7.11. The molecule has 1 aliphatic heterocycles. The molecule has 1 aromatic heterocycles. The van der Waals surface area contributed by atoms with Gasteiger partial charge in [0.2, 0.25) is 0 Å². The van der Waals surface area contributed by atoms with Gasteiger partial charge in [0.15, 0.2) is 0 Å².